The van der Waals surface area contributed by atoms with Gasteiger partial charge in [0.25, 0.3) is 0 Å². The number of ether oxygens (including phenoxy) is 3. The molecule has 1 aromatic rings. The predicted molar refractivity (Wildman–Crippen MR) is 101 cm³/mol. The summed E-state index contributed by atoms with van der Waals surface area (Å²) in [6.07, 6.45) is -0.335. The molecule has 0 spiro atoms. The topological polar surface area (TPSA) is 65.1 Å². The molecule has 26 heavy (non-hydrogen) atoms. The SMILES string of the molecule is CC(C)(C)OC(=O)N1CC(OCCBr)C[C@H]1C(=O)OCc1ccccc1. The van der Waals surface area contributed by atoms with Gasteiger partial charge >= 0.3 is 12.1 Å². The first kappa shape index (κ1) is 20.7. The number of nitrogens with zero attached hydrogens (tertiary/aromatic N) is 1. The van der Waals surface area contributed by atoms with Crippen LogP contribution in [-0.2, 0) is 25.6 Å². The summed E-state index contributed by atoms with van der Waals surface area (Å²) in [7, 11) is 0. The summed E-state index contributed by atoms with van der Waals surface area (Å²) in [5.74, 6) is -0.440. The summed E-state index contributed by atoms with van der Waals surface area (Å²) in [5.41, 5.74) is 0.263. The van der Waals surface area contributed by atoms with Crippen molar-refractivity contribution in [1.82, 2.24) is 4.90 Å². The molecule has 7 heteroatoms. The lowest BCUT2D eigenvalue weighted by molar-refractivity contribution is -0.150. The highest BCUT2D eigenvalue weighted by Gasteiger charge is 2.42. The Morgan fingerprint density at radius 2 is 1.92 bits per heavy atom. The van der Waals surface area contributed by atoms with Crippen LogP contribution in [0.15, 0.2) is 30.3 Å². The number of hydrogen-bond donors (Lipinski definition) is 0. The average molecular weight is 428 g/mol. The van der Waals surface area contributed by atoms with E-state index < -0.39 is 23.7 Å². The summed E-state index contributed by atoms with van der Waals surface area (Å²) in [6, 6.07) is 8.74. The smallest absolute Gasteiger partial charge is 0.411 e. The zero-order chi connectivity index (χ0) is 19.2. The Kier molecular flexibility index (Phi) is 7.46. The van der Waals surface area contributed by atoms with Crippen molar-refractivity contribution >= 4 is 28.0 Å². The van der Waals surface area contributed by atoms with Gasteiger partial charge in [-0.15, -0.1) is 0 Å². The molecule has 0 aliphatic carbocycles. The van der Waals surface area contributed by atoms with Gasteiger partial charge in [0.15, 0.2) is 0 Å². The highest BCUT2D eigenvalue weighted by molar-refractivity contribution is 9.09. The Labute approximate surface area is 162 Å². The van der Waals surface area contributed by atoms with Crippen molar-refractivity contribution in [3.8, 4) is 0 Å². The van der Waals surface area contributed by atoms with E-state index in [4.69, 9.17) is 14.2 Å². The molecular weight excluding hydrogens is 402 g/mol. The van der Waals surface area contributed by atoms with Crippen molar-refractivity contribution in [2.24, 2.45) is 0 Å². The number of benzene rings is 1. The minimum Gasteiger partial charge on any atom is -0.459 e. The number of esters is 1. The second-order valence-electron chi connectivity index (χ2n) is 7.16. The van der Waals surface area contributed by atoms with E-state index in [-0.39, 0.29) is 12.7 Å². The van der Waals surface area contributed by atoms with E-state index in [1.54, 1.807) is 20.8 Å². The van der Waals surface area contributed by atoms with Gasteiger partial charge in [-0.25, -0.2) is 9.59 Å². The standard InChI is InChI=1S/C19H26BrNO5/c1-19(2,3)26-18(23)21-12-15(24-10-9-20)11-16(21)17(22)25-13-14-7-5-4-6-8-14/h4-8,15-16H,9-13H2,1-3H3/t15?,16-/m0/s1. The van der Waals surface area contributed by atoms with Gasteiger partial charge in [-0.3, -0.25) is 4.90 Å². The highest BCUT2D eigenvalue weighted by atomic mass is 79.9. The fourth-order valence-electron chi connectivity index (χ4n) is 2.70. The van der Waals surface area contributed by atoms with Crippen LogP contribution in [0, 0.1) is 0 Å². The van der Waals surface area contributed by atoms with Crippen molar-refractivity contribution in [3.05, 3.63) is 35.9 Å². The van der Waals surface area contributed by atoms with Crippen molar-refractivity contribution in [2.75, 3.05) is 18.5 Å². The third-order valence-electron chi connectivity index (χ3n) is 3.82. The van der Waals surface area contributed by atoms with Crippen LogP contribution in [0.5, 0.6) is 0 Å². The van der Waals surface area contributed by atoms with Crippen LogP contribution in [0.2, 0.25) is 0 Å². The number of carbonyl (C=O) groups excluding carboxylic acids is 2. The molecule has 0 N–H and O–H groups in total. The van der Waals surface area contributed by atoms with Gasteiger partial charge in [0.05, 0.1) is 19.3 Å². The molecule has 1 amide bonds. The van der Waals surface area contributed by atoms with Crippen molar-refractivity contribution < 1.29 is 23.8 Å². The minimum atomic E-state index is -0.700. The van der Waals surface area contributed by atoms with E-state index in [9.17, 15) is 9.59 Å². The molecule has 2 atom stereocenters. The number of likely N-dealkylation sites (tertiary alicyclic amines) is 1. The molecule has 144 valence electrons. The molecule has 1 fully saturated rings. The number of amides is 1. The molecule has 1 aliphatic rings. The van der Waals surface area contributed by atoms with Gasteiger partial charge in [0, 0.05) is 11.8 Å². The zero-order valence-corrected chi connectivity index (χ0v) is 17.0. The maximum absolute atomic E-state index is 12.6. The lowest BCUT2D eigenvalue weighted by atomic mass is 10.2. The van der Waals surface area contributed by atoms with E-state index >= 15 is 0 Å². The van der Waals surface area contributed by atoms with Crippen LogP contribution in [0.3, 0.4) is 0 Å². The molecule has 6 nitrogen and oxygen atoms in total. The molecule has 1 heterocycles. The van der Waals surface area contributed by atoms with E-state index in [0.717, 1.165) is 5.56 Å². The van der Waals surface area contributed by atoms with Crippen LogP contribution in [0.4, 0.5) is 4.79 Å². The molecule has 0 radical (unpaired) electrons. The second kappa shape index (κ2) is 9.37. The maximum Gasteiger partial charge on any atom is 0.411 e. The molecule has 1 aliphatic heterocycles. The summed E-state index contributed by atoms with van der Waals surface area (Å²) >= 11 is 3.31. The molecule has 1 saturated heterocycles. The number of carbonyl (C=O) groups is 2. The molecule has 1 unspecified atom stereocenters. The van der Waals surface area contributed by atoms with Crippen LogP contribution >= 0.6 is 15.9 Å². The minimum absolute atomic E-state index is 0.172. The predicted octanol–water partition coefficient (Wildman–Crippen LogP) is 3.52. The first-order valence-electron chi connectivity index (χ1n) is 8.68. The Hall–Kier alpha value is -1.60. The summed E-state index contributed by atoms with van der Waals surface area (Å²) in [4.78, 5) is 26.5. The van der Waals surface area contributed by atoms with Gasteiger partial charge in [0.2, 0.25) is 0 Å². The molecule has 0 saturated carbocycles. The average Bonchev–Trinajstić information content (AvgIpc) is 3.02. The van der Waals surface area contributed by atoms with E-state index in [1.165, 1.54) is 4.90 Å². The normalized spacial score (nSPS) is 20.1. The Balaban J connectivity index is 2.02. The van der Waals surface area contributed by atoms with Gasteiger partial charge < -0.3 is 14.2 Å². The Morgan fingerprint density at radius 3 is 2.54 bits per heavy atom. The number of rotatable bonds is 6. The van der Waals surface area contributed by atoms with Gasteiger partial charge in [-0.05, 0) is 26.3 Å². The highest BCUT2D eigenvalue weighted by Crippen LogP contribution is 2.24. The maximum atomic E-state index is 12.6. The van der Waals surface area contributed by atoms with E-state index in [2.05, 4.69) is 15.9 Å². The van der Waals surface area contributed by atoms with Crippen molar-refractivity contribution in [2.45, 2.75) is 51.5 Å². The van der Waals surface area contributed by atoms with Crippen molar-refractivity contribution in [3.63, 3.8) is 0 Å². The molecule has 0 aromatic heterocycles. The fraction of sp³-hybridized carbons (Fsp3) is 0.579. The van der Waals surface area contributed by atoms with Crippen LogP contribution in [0.25, 0.3) is 0 Å². The van der Waals surface area contributed by atoms with Crippen molar-refractivity contribution in [1.29, 1.82) is 0 Å². The number of alkyl halides is 1. The summed E-state index contributed by atoms with van der Waals surface area (Å²) in [6.45, 7) is 6.38. The molecule has 2 rings (SSSR count). The Morgan fingerprint density at radius 1 is 1.23 bits per heavy atom. The molecule has 0 bridgehead atoms. The fourth-order valence-corrected chi connectivity index (χ4v) is 2.89. The lowest BCUT2D eigenvalue weighted by Gasteiger charge is -2.27. The zero-order valence-electron chi connectivity index (χ0n) is 15.4. The van der Waals surface area contributed by atoms with E-state index in [0.29, 0.717) is 24.9 Å². The summed E-state index contributed by atoms with van der Waals surface area (Å²) in [5, 5.41) is 0.694. The van der Waals surface area contributed by atoms with Gasteiger partial charge in [0.1, 0.15) is 18.2 Å². The van der Waals surface area contributed by atoms with Crippen LogP contribution in [0.1, 0.15) is 32.8 Å². The Bertz CT molecular complexity index is 602. The van der Waals surface area contributed by atoms with Gasteiger partial charge in [-0.1, -0.05) is 46.3 Å². The lowest BCUT2D eigenvalue weighted by Crippen LogP contribution is -2.44. The summed E-state index contributed by atoms with van der Waals surface area (Å²) < 4.78 is 16.6. The van der Waals surface area contributed by atoms with Gasteiger partial charge in [-0.2, -0.15) is 0 Å². The first-order valence-corrected chi connectivity index (χ1v) is 9.80. The first-order chi connectivity index (χ1) is 12.3. The molecule has 1 aromatic carbocycles. The molecular formula is C19H26BrNO5. The van der Waals surface area contributed by atoms with Crippen LogP contribution in [-0.4, -0.2) is 53.2 Å². The quantitative estimate of drug-likeness (QED) is 0.513. The largest absolute Gasteiger partial charge is 0.459 e. The van der Waals surface area contributed by atoms with Crippen LogP contribution < -0.4 is 0 Å². The second-order valence-corrected chi connectivity index (χ2v) is 7.95. The monoisotopic (exact) mass is 427 g/mol. The number of hydrogen-bond acceptors (Lipinski definition) is 5. The number of halogens is 1. The third-order valence-corrected chi connectivity index (χ3v) is 4.14. The van der Waals surface area contributed by atoms with E-state index in [1.807, 2.05) is 30.3 Å². The third kappa shape index (κ3) is 6.29.